The number of carbonyl (C=O) groups is 2. The first-order chi connectivity index (χ1) is 9.38. The molecule has 0 saturated carbocycles. The number of hydrogen-bond acceptors (Lipinski definition) is 5. The number of amides is 1. The lowest BCUT2D eigenvalue weighted by atomic mass is 10.0. The number of esters is 1. The van der Waals surface area contributed by atoms with Crippen LogP contribution in [-0.2, 0) is 9.53 Å². The van der Waals surface area contributed by atoms with Crippen LogP contribution in [0.3, 0.4) is 0 Å². The van der Waals surface area contributed by atoms with Gasteiger partial charge in [-0.1, -0.05) is 26.0 Å². The van der Waals surface area contributed by atoms with Crippen molar-refractivity contribution < 1.29 is 19.2 Å². The summed E-state index contributed by atoms with van der Waals surface area (Å²) in [6.45, 7) is 3.47. The molecule has 0 bridgehead atoms. The summed E-state index contributed by atoms with van der Waals surface area (Å²) in [5.74, 6) is -1.47. The Kier molecular flexibility index (Phi) is 5.19. The number of nitrogens with zero attached hydrogens (tertiary/aromatic N) is 1. The van der Waals surface area contributed by atoms with Gasteiger partial charge in [0.25, 0.3) is 11.6 Å². The topological polar surface area (TPSA) is 98.5 Å². The van der Waals surface area contributed by atoms with Crippen LogP contribution in [0.25, 0.3) is 0 Å². The lowest BCUT2D eigenvalue weighted by Crippen LogP contribution is -2.45. The van der Waals surface area contributed by atoms with E-state index in [0.717, 1.165) is 0 Å². The molecule has 0 saturated heterocycles. The van der Waals surface area contributed by atoms with E-state index in [1.54, 1.807) is 13.8 Å². The van der Waals surface area contributed by atoms with Crippen LogP contribution >= 0.6 is 0 Å². The lowest BCUT2D eigenvalue weighted by Gasteiger charge is -2.19. The fourth-order valence-electron chi connectivity index (χ4n) is 1.67. The van der Waals surface area contributed by atoms with Crippen molar-refractivity contribution in [2.45, 2.75) is 19.9 Å². The third kappa shape index (κ3) is 3.53. The number of carbonyl (C=O) groups excluding carboxylic acids is 2. The maximum atomic E-state index is 12.1. The van der Waals surface area contributed by atoms with E-state index in [4.69, 9.17) is 0 Å². The normalized spacial score (nSPS) is 11.8. The van der Waals surface area contributed by atoms with Crippen molar-refractivity contribution in [2.24, 2.45) is 5.92 Å². The second-order valence-corrected chi connectivity index (χ2v) is 4.49. The van der Waals surface area contributed by atoms with Crippen molar-refractivity contribution in [1.29, 1.82) is 0 Å². The monoisotopic (exact) mass is 280 g/mol. The van der Waals surface area contributed by atoms with Crippen molar-refractivity contribution in [1.82, 2.24) is 5.32 Å². The second-order valence-electron chi connectivity index (χ2n) is 4.49. The van der Waals surface area contributed by atoms with Gasteiger partial charge >= 0.3 is 5.97 Å². The SMILES string of the molecule is COC(=O)[C@@H](NC(=O)c1ccccc1[N+](=O)[O-])C(C)C. The van der Waals surface area contributed by atoms with E-state index < -0.39 is 22.8 Å². The predicted octanol–water partition coefficient (Wildman–Crippen LogP) is 1.52. The summed E-state index contributed by atoms with van der Waals surface area (Å²) in [5, 5.41) is 13.3. The molecule has 7 nitrogen and oxygen atoms in total. The van der Waals surface area contributed by atoms with Crippen LogP contribution in [0.1, 0.15) is 24.2 Å². The van der Waals surface area contributed by atoms with Gasteiger partial charge in [-0.05, 0) is 12.0 Å². The molecule has 0 radical (unpaired) electrons. The van der Waals surface area contributed by atoms with E-state index in [1.807, 2.05) is 0 Å². The van der Waals surface area contributed by atoms with Gasteiger partial charge < -0.3 is 10.1 Å². The van der Waals surface area contributed by atoms with E-state index in [2.05, 4.69) is 10.1 Å². The van der Waals surface area contributed by atoms with Gasteiger partial charge in [0.2, 0.25) is 0 Å². The average Bonchev–Trinajstić information content (AvgIpc) is 2.43. The van der Waals surface area contributed by atoms with E-state index in [1.165, 1.54) is 31.4 Å². The first kappa shape index (κ1) is 15.6. The van der Waals surface area contributed by atoms with E-state index in [-0.39, 0.29) is 17.2 Å². The number of benzene rings is 1. The predicted molar refractivity (Wildman–Crippen MR) is 71.2 cm³/mol. The zero-order valence-electron chi connectivity index (χ0n) is 11.5. The Morgan fingerprint density at radius 1 is 1.30 bits per heavy atom. The number of nitro groups is 1. The van der Waals surface area contributed by atoms with Gasteiger partial charge in [0, 0.05) is 6.07 Å². The molecule has 108 valence electrons. The summed E-state index contributed by atoms with van der Waals surface area (Å²) >= 11 is 0. The average molecular weight is 280 g/mol. The largest absolute Gasteiger partial charge is 0.467 e. The van der Waals surface area contributed by atoms with Gasteiger partial charge in [-0.3, -0.25) is 14.9 Å². The molecular formula is C13H16N2O5. The van der Waals surface area contributed by atoms with Crippen molar-refractivity contribution >= 4 is 17.6 Å². The molecule has 1 amide bonds. The Balaban J connectivity index is 3.01. The maximum absolute atomic E-state index is 12.1. The molecule has 20 heavy (non-hydrogen) atoms. The number of nitro benzene ring substituents is 1. The Morgan fingerprint density at radius 2 is 1.90 bits per heavy atom. The Morgan fingerprint density at radius 3 is 2.40 bits per heavy atom. The second kappa shape index (κ2) is 6.65. The van der Waals surface area contributed by atoms with Crippen LogP contribution in [0.4, 0.5) is 5.69 Å². The summed E-state index contributed by atoms with van der Waals surface area (Å²) in [6, 6.07) is 4.70. The van der Waals surface area contributed by atoms with Gasteiger partial charge in [0.1, 0.15) is 11.6 Å². The molecule has 1 rings (SSSR count). The van der Waals surface area contributed by atoms with Gasteiger partial charge in [0.05, 0.1) is 12.0 Å². The van der Waals surface area contributed by atoms with Crippen LogP contribution in [-0.4, -0.2) is 30.0 Å². The number of hydrogen-bond donors (Lipinski definition) is 1. The molecular weight excluding hydrogens is 264 g/mol. The highest BCUT2D eigenvalue weighted by Gasteiger charge is 2.28. The van der Waals surface area contributed by atoms with Crippen LogP contribution in [0.15, 0.2) is 24.3 Å². The van der Waals surface area contributed by atoms with Crippen LogP contribution in [0, 0.1) is 16.0 Å². The summed E-state index contributed by atoms with van der Waals surface area (Å²) in [6.07, 6.45) is 0. The van der Waals surface area contributed by atoms with E-state index in [9.17, 15) is 19.7 Å². The number of ether oxygens (including phenoxy) is 1. The van der Waals surface area contributed by atoms with Crippen molar-refractivity contribution in [3.05, 3.63) is 39.9 Å². The lowest BCUT2D eigenvalue weighted by molar-refractivity contribution is -0.385. The quantitative estimate of drug-likeness (QED) is 0.501. The van der Waals surface area contributed by atoms with Gasteiger partial charge in [-0.2, -0.15) is 0 Å². The maximum Gasteiger partial charge on any atom is 0.328 e. The number of nitrogens with one attached hydrogen (secondary N) is 1. The fraction of sp³-hybridized carbons (Fsp3) is 0.385. The molecule has 0 spiro atoms. The minimum absolute atomic E-state index is 0.0907. The fourth-order valence-corrected chi connectivity index (χ4v) is 1.67. The Hall–Kier alpha value is -2.44. The third-order valence-corrected chi connectivity index (χ3v) is 2.75. The molecule has 0 aromatic heterocycles. The van der Waals surface area contributed by atoms with Crippen molar-refractivity contribution in [2.75, 3.05) is 7.11 Å². The summed E-state index contributed by atoms with van der Waals surface area (Å²) < 4.78 is 4.60. The van der Waals surface area contributed by atoms with Crippen molar-refractivity contribution in [3.63, 3.8) is 0 Å². The minimum atomic E-state index is -0.854. The molecule has 1 aromatic carbocycles. The molecule has 0 unspecified atom stereocenters. The van der Waals surface area contributed by atoms with Crippen molar-refractivity contribution in [3.8, 4) is 0 Å². The van der Waals surface area contributed by atoms with Gasteiger partial charge in [0.15, 0.2) is 0 Å². The summed E-state index contributed by atoms with van der Waals surface area (Å²) in [5.41, 5.74) is -0.399. The highest BCUT2D eigenvalue weighted by molar-refractivity contribution is 6.00. The third-order valence-electron chi connectivity index (χ3n) is 2.75. The first-order valence-corrected chi connectivity index (χ1v) is 6.00. The molecule has 0 heterocycles. The molecule has 0 aliphatic rings. The smallest absolute Gasteiger partial charge is 0.328 e. The highest BCUT2D eigenvalue weighted by Crippen LogP contribution is 2.18. The molecule has 1 atom stereocenters. The Labute approximate surface area is 116 Å². The number of rotatable bonds is 5. The zero-order valence-corrected chi connectivity index (χ0v) is 11.5. The molecule has 0 aliphatic heterocycles. The van der Waals surface area contributed by atoms with Gasteiger partial charge in [-0.25, -0.2) is 4.79 Å². The summed E-state index contributed by atoms with van der Waals surface area (Å²) in [4.78, 5) is 33.9. The molecule has 1 N–H and O–H groups in total. The summed E-state index contributed by atoms with van der Waals surface area (Å²) in [7, 11) is 1.22. The molecule has 1 aromatic rings. The molecule has 0 fully saturated rings. The highest BCUT2D eigenvalue weighted by atomic mass is 16.6. The number of para-hydroxylation sites is 1. The van der Waals surface area contributed by atoms with E-state index >= 15 is 0 Å². The van der Waals surface area contributed by atoms with E-state index in [0.29, 0.717) is 0 Å². The zero-order chi connectivity index (χ0) is 15.3. The van der Waals surface area contributed by atoms with Crippen LogP contribution in [0.5, 0.6) is 0 Å². The standard InChI is InChI=1S/C13H16N2O5/c1-8(2)11(13(17)20-3)14-12(16)9-6-4-5-7-10(9)15(18)19/h4-8,11H,1-3H3,(H,14,16)/t11-/m0/s1. The number of methoxy groups -OCH3 is 1. The van der Waals surface area contributed by atoms with Gasteiger partial charge in [-0.15, -0.1) is 0 Å². The van der Waals surface area contributed by atoms with Crippen LogP contribution < -0.4 is 5.32 Å². The molecule has 7 heteroatoms. The Bertz CT molecular complexity index is 527. The molecule has 0 aliphatic carbocycles. The first-order valence-electron chi connectivity index (χ1n) is 6.00. The minimum Gasteiger partial charge on any atom is -0.467 e. The van der Waals surface area contributed by atoms with Crippen LogP contribution in [0.2, 0.25) is 0 Å².